The first-order valence-corrected chi connectivity index (χ1v) is 11.9. The smallest absolute Gasteiger partial charge is 0.241 e. The molecule has 33 heavy (non-hydrogen) atoms. The fraction of sp³-hybridized carbons (Fsp3) is 0.357. The number of nitrogens with one attached hydrogen (secondary N) is 1. The Kier molecular flexibility index (Phi) is 6.00. The second-order valence-electron chi connectivity index (χ2n) is 9.63. The van der Waals surface area contributed by atoms with Crippen molar-refractivity contribution in [2.45, 2.75) is 31.7 Å². The summed E-state index contributed by atoms with van der Waals surface area (Å²) in [6.07, 6.45) is 2.70. The summed E-state index contributed by atoms with van der Waals surface area (Å²) in [6.45, 7) is 8.19. The number of amides is 1. The molecule has 1 aromatic heterocycles. The number of nitrogens with zero attached hydrogens (tertiary/aromatic N) is 3. The van der Waals surface area contributed by atoms with E-state index in [2.05, 4.69) is 77.6 Å². The maximum atomic E-state index is 13.6. The molecule has 1 saturated heterocycles. The van der Waals surface area contributed by atoms with E-state index in [0.717, 1.165) is 37.4 Å². The molecule has 2 unspecified atom stereocenters. The molecule has 1 N–H and O–H groups in total. The first kappa shape index (κ1) is 21.8. The fourth-order valence-electron chi connectivity index (χ4n) is 5.26. The van der Waals surface area contributed by atoms with E-state index in [1.54, 1.807) is 0 Å². The third-order valence-electron chi connectivity index (χ3n) is 7.02. The molecule has 2 aliphatic heterocycles. The van der Waals surface area contributed by atoms with Gasteiger partial charge < -0.3 is 10.2 Å². The van der Waals surface area contributed by atoms with Gasteiger partial charge in [0.05, 0.1) is 17.7 Å². The van der Waals surface area contributed by atoms with Crippen LogP contribution in [-0.2, 0) is 16.6 Å². The quantitative estimate of drug-likeness (QED) is 0.658. The number of rotatable bonds is 5. The molecule has 5 rings (SSSR count). The largest absolute Gasteiger partial charge is 0.312 e. The average molecular weight is 441 g/mol. The van der Waals surface area contributed by atoms with Gasteiger partial charge in [-0.2, -0.15) is 0 Å². The van der Waals surface area contributed by atoms with Crippen LogP contribution < -0.4 is 10.2 Å². The molecule has 1 amide bonds. The summed E-state index contributed by atoms with van der Waals surface area (Å²) in [5, 5.41) is 3.46. The van der Waals surface area contributed by atoms with Gasteiger partial charge in [-0.1, -0.05) is 48.5 Å². The lowest BCUT2D eigenvalue weighted by Gasteiger charge is -2.32. The first-order chi connectivity index (χ1) is 16.0. The van der Waals surface area contributed by atoms with Crippen LogP contribution in [0.3, 0.4) is 0 Å². The van der Waals surface area contributed by atoms with Crippen molar-refractivity contribution >= 4 is 11.6 Å². The van der Waals surface area contributed by atoms with Crippen molar-refractivity contribution < 1.29 is 4.79 Å². The molecule has 5 heteroatoms. The number of hydrogen-bond acceptors (Lipinski definition) is 4. The maximum absolute atomic E-state index is 13.6. The minimum absolute atomic E-state index is 0.168. The van der Waals surface area contributed by atoms with Gasteiger partial charge in [-0.25, -0.2) is 0 Å². The highest BCUT2D eigenvalue weighted by molar-refractivity contribution is 5.98. The number of carbonyl (C=O) groups is 1. The third kappa shape index (κ3) is 4.43. The zero-order valence-corrected chi connectivity index (χ0v) is 19.5. The molecule has 3 heterocycles. The molecule has 170 valence electrons. The lowest BCUT2D eigenvalue weighted by molar-refractivity contribution is -0.120. The van der Waals surface area contributed by atoms with Gasteiger partial charge in [-0.3, -0.25) is 14.7 Å². The van der Waals surface area contributed by atoms with E-state index in [1.165, 1.54) is 16.7 Å². The van der Waals surface area contributed by atoms with Crippen molar-refractivity contribution in [3.8, 4) is 0 Å². The number of carbonyl (C=O) groups excluding carboxylic acids is 1. The molecule has 2 atom stereocenters. The monoisotopic (exact) mass is 440 g/mol. The van der Waals surface area contributed by atoms with Crippen molar-refractivity contribution in [2.24, 2.45) is 0 Å². The van der Waals surface area contributed by atoms with E-state index in [0.29, 0.717) is 19.1 Å². The van der Waals surface area contributed by atoms with E-state index in [1.807, 2.05) is 29.3 Å². The van der Waals surface area contributed by atoms with Crippen molar-refractivity contribution in [2.75, 3.05) is 37.6 Å². The molecule has 2 aromatic carbocycles. The topological polar surface area (TPSA) is 48.5 Å². The number of benzene rings is 2. The van der Waals surface area contributed by atoms with Gasteiger partial charge in [0.15, 0.2) is 0 Å². The highest BCUT2D eigenvalue weighted by atomic mass is 16.2. The van der Waals surface area contributed by atoms with Crippen LogP contribution in [0.15, 0.2) is 72.9 Å². The van der Waals surface area contributed by atoms with Crippen LogP contribution in [0.25, 0.3) is 0 Å². The van der Waals surface area contributed by atoms with Gasteiger partial charge in [0.1, 0.15) is 0 Å². The summed E-state index contributed by atoms with van der Waals surface area (Å²) in [4.78, 5) is 22.6. The second-order valence-corrected chi connectivity index (χ2v) is 9.63. The van der Waals surface area contributed by atoms with E-state index in [-0.39, 0.29) is 11.3 Å². The van der Waals surface area contributed by atoms with E-state index in [4.69, 9.17) is 0 Å². The highest BCUT2D eigenvalue weighted by Gasteiger charge is 2.43. The molecule has 0 aliphatic carbocycles. The lowest BCUT2D eigenvalue weighted by atomic mass is 9.80. The predicted octanol–water partition coefficient (Wildman–Crippen LogP) is 3.62. The van der Waals surface area contributed by atoms with Gasteiger partial charge in [0.2, 0.25) is 5.91 Å². The van der Waals surface area contributed by atoms with Gasteiger partial charge >= 0.3 is 0 Å². The van der Waals surface area contributed by atoms with Crippen LogP contribution in [0.5, 0.6) is 0 Å². The van der Waals surface area contributed by atoms with E-state index in [9.17, 15) is 4.79 Å². The summed E-state index contributed by atoms with van der Waals surface area (Å²) < 4.78 is 0. The maximum Gasteiger partial charge on any atom is 0.241 e. The number of anilines is 1. The minimum atomic E-state index is -0.325. The lowest BCUT2D eigenvalue weighted by Crippen LogP contribution is -2.52. The molecular weight excluding hydrogens is 408 g/mol. The van der Waals surface area contributed by atoms with Gasteiger partial charge in [0, 0.05) is 44.1 Å². The highest BCUT2D eigenvalue weighted by Crippen LogP contribution is 2.45. The van der Waals surface area contributed by atoms with E-state index < -0.39 is 0 Å². The van der Waals surface area contributed by atoms with Crippen LogP contribution in [0, 0.1) is 0 Å². The molecule has 2 aliphatic rings. The number of aromatic nitrogens is 1. The normalized spacial score (nSPS) is 22.8. The van der Waals surface area contributed by atoms with Gasteiger partial charge in [0.25, 0.3) is 0 Å². The number of piperazine rings is 1. The minimum Gasteiger partial charge on any atom is -0.312 e. The Balaban J connectivity index is 1.48. The molecule has 0 radical (unpaired) electrons. The van der Waals surface area contributed by atoms with Gasteiger partial charge in [-0.15, -0.1) is 0 Å². The molecule has 0 saturated carbocycles. The fourth-order valence-corrected chi connectivity index (χ4v) is 5.26. The molecule has 3 aromatic rings. The van der Waals surface area contributed by atoms with E-state index >= 15 is 0 Å². The van der Waals surface area contributed by atoms with Crippen molar-refractivity contribution in [3.05, 3.63) is 95.3 Å². The van der Waals surface area contributed by atoms with Crippen LogP contribution in [-0.4, -0.2) is 54.6 Å². The van der Waals surface area contributed by atoms with Crippen molar-refractivity contribution in [3.63, 3.8) is 0 Å². The SMILES string of the molecule is CC1CN(CC(=O)N2CC(C)(c3ccccn3)c3ccc(Cc4ccccc4)cc32)CCN1. The van der Waals surface area contributed by atoms with Gasteiger partial charge in [-0.05, 0) is 55.2 Å². The van der Waals surface area contributed by atoms with Crippen LogP contribution >= 0.6 is 0 Å². The Bertz CT molecular complexity index is 1120. The molecular formula is C28H32N4O. The van der Waals surface area contributed by atoms with Crippen molar-refractivity contribution in [1.82, 2.24) is 15.2 Å². The standard InChI is InChI=1S/C28H32N4O/c1-21-18-31(15-14-29-21)19-27(33)32-20-28(2,26-10-6-7-13-30-26)24-12-11-23(17-25(24)32)16-22-8-4-3-5-9-22/h3-13,17,21,29H,14-16,18-20H2,1-2H3. The summed E-state index contributed by atoms with van der Waals surface area (Å²) in [5.41, 5.74) is 5.39. The number of pyridine rings is 1. The zero-order chi connectivity index (χ0) is 22.8. The number of fused-ring (bicyclic) bond motifs is 1. The summed E-state index contributed by atoms with van der Waals surface area (Å²) in [7, 11) is 0. The third-order valence-corrected chi connectivity index (χ3v) is 7.02. The Morgan fingerprint density at radius 1 is 1.09 bits per heavy atom. The first-order valence-electron chi connectivity index (χ1n) is 11.9. The van der Waals surface area contributed by atoms with Crippen molar-refractivity contribution in [1.29, 1.82) is 0 Å². The van der Waals surface area contributed by atoms with Crippen LogP contribution in [0.1, 0.15) is 36.2 Å². The molecule has 5 nitrogen and oxygen atoms in total. The molecule has 0 spiro atoms. The zero-order valence-electron chi connectivity index (χ0n) is 19.5. The summed E-state index contributed by atoms with van der Waals surface area (Å²) in [6, 6.07) is 23.6. The van der Waals surface area contributed by atoms with Crippen LogP contribution in [0.4, 0.5) is 5.69 Å². The molecule has 0 bridgehead atoms. The Labute approximate surface area is 196 Å². The Hall–Kier alpha value is -3.02. The summed E-state index contributed by atoms with van der Waals surface area (Å²) >= 11 is 0. The number of hydrogen-bond donors (Lipinski definition) is 1. The second kappa shape index (κ2) is 9.08. The summed E-state index contributed by atoms with van der Waals surface area (Å²) in [5.74, 6) is 0.168. The Morgan fingerprint density at radius 2 is 1.91 bits per heavy atom. The predicted molar refractivity (Wildman–Crippen MR) is 133 cm³/mol. The Morgan fingerprint density at radius 3 is 2.67 bits per heavy atom. The average Bonchev–Trinajstić information content (AvgIpc) is 3.14. The molecule has 1 fully saturated rings. The van der Waals surface area contributed by atoms with Crippen LogP contribution in [0.2, 0.25) is 0 Å².